The van der Waals surface area contributed by atoms with E-state index >= 15 is 0 Å². The fourth-order valence-electron chi connectivity index (χ4n) is 6.02. The lowest BCUT2D eigenvalue weighted by Crippen LogP contribution is -2.44. The lowest BCUT2D eigenvalue weighted by molar-refractivity contribution is -0.136. The molecular formula is C24H32N2O2. The van der Waals surface area contributed by atoms with Gasteiger partial charge < -0.3 is 15.3 Å². The molecule has 2 heterocycles. The van der Waals surface area contributed by atoms with Crippen LogP contribution in [0.5, 0.6) is 0 Å². The van der Waals surface area contributed by atoms with Gasteiger partial charge in [0.25, 0.3) is 0 Å². The fraction of sp³-hybridized carbons (Fsp3) is 0.625. The number of aliphatic hydroxyl groups is 1. The van der Waals surface area contributed by atoms with Gasteiger partial charge in [-0.1, -0.05) is 25.0 Å². The summed E-state index contributed by atoms with van der Waals surface area (Å²) in [6, 6.07) is 6.89. The minimum absolute atomic E-state index is 0.0404. The van der Waals surface area contributed by atoms with Crippen molar-refractivity contribution in [3.63, 3.8) is 0 Å². The largest absolute Gasteiger partial charge is 0.394 e. The van der Waals surface area contributed by atoms with Crippen molar-refractivity contribution in [1.82, 2.24) is 4.90 Å². The molecule has 1 saturated carbocycles. The summed E-state index contributed by atoms with van der Waals surface area (Å²) in [5.41, 5.74) is 5.15. The summed E-state index contributed by atoms with van der Waals surface area (Å²) in [5, 5.41) is 13.6. The predicted octanol–water partition coefficient (Wildman–Crippen LogP) is 4.51. The molecule has 2 N–H and O–H groups in total. The zero-order valence-electron chi connectivity index (χ0n) is 16.7. The Morgan fingerprint density at radius 3 is 2.75 bits per heavy atom. The maximum Gasteiger partial charge on any atom is 0.226 e. The topological polar surface area (TPSA) is 52.6 Å². The number of likely N-dealkylation sites (tertiary alicyclic amines) is 1. The number of hydrogen-bond donors (Lipinski definition) is 2. The number of benzene rings is 1. The molecule has 3 atom stereocenters. The maximum atomic E-state index is 13.3. The summed E-state index contributed by atoms with van der Waals surface area (Å²) in [7, 11) is 0. The second kappa shape index (κ2) is 7.55. The number of anilines is 1. The van der Waals surface area contributed by atoms with Crippen molar-refractivity contribution in [2.45, 2.75) is 69.9 Å². The summed E-state index contributed by atoms with van der Waals surface area (Å²) in [6.45, 7) is 0.953. The average molecular weight is 381 g/mol. The van der Waals surface area contributed by atoms with Gasteiger partial charge in [0.1, 0.15) is 0 Å². The Hall–Kier alpha value is -1.81. The maximum absolute atomic E-state index is 13.3. The van der Waals surface area contributed by atoms with Crippen LogP contribution in [-0.4, -0.2) is 35.1 Å². The Bertz CT molecular complexity index is 781. The summed E-state index contributed by atoms with van der Waals surface area (Å²) in [6.07, 6.45) is 12.7. The molecule has 1 saturated heterocycles. The molecule has 4 nitrogen and oxygen atoms in total. The van der Waals surface area contributed by atoms with Crippen molar-refractivity contribution in [2.75, 3.05) is 18.5 Å². The number of carbonyl (C=O) groups is 1. The van der Waals surface area contributed by atoms with E-state index in [-0.39, 0.29) is 24.6 Å². The molecule has 0 aromatic heterocycles. The third kappa shape index (κ3) is 3.06. The van der Waals surface area contributed by atoms with Crippen molar-refractivity contribution >= 4 is 17.2 Å². The summed E-state index contributed by atoms with van der Waals surface area (Å²) in [5.74, 6) is 0.879. The van der Waals surface area contributed by atoms with Crippen molar-refractivity contribution in [2.24, 2.45) is 11.8 Å². The number of nitrogens with zero attached hydrogens (tertiary/aromatic N) is 1. The van der Waals surface area contributed by atoms with E-state index < -0.39 is 0 Å². The molecule has 4 aliphatic rings. The van der Waals surface area contributed by atoms with Crippen LogP contribution in [-0.2, 0) is 4.79 Å². The molecule has 0 spiro atoms. The molecular weight excluding hydrogens is 348 g/mol. The number of rotatable bonds is 3. The normalized spacial score (nSPS) is 29.8. The van der Waals surface area contributed by atoms with Crippen LogP contribution in [0.25, 0.3) is 5.57 Å². The Morgan fingerprint density at radius 2 is 2.00 bits per heavy atom. The Labute approximate surface area is 168 Å². The van der Waals surface area contributed by atoms with Gasteiger partial charge in [-0.3, -0.25) is 4.79 Å². The Morgan fingerprint density at radius 1 is 1.14 bits per heavy atom. The molecule has 2 aliphatic heterocycles. The van der Waals surface area contributed by atoms with E-state index in [2.05, 4.69) is 34.5 Å². The minimum atomic E-state index is 0.0404. The molecule has 2 fully saturated rings. The van der Waals surface area contributed by atoms with Crippen LogP contribution in [0.3, 0.4) is 0 Å². The lowest BCUT2D eigenvalue weighted by Gasteiger charge is -2.40. The van der Waals surface area contributed by atoms with Crippen LogP contribution in [0.1, 0.15) is 75.0 Å². The quantitative estimate of drug-likeness (QED) is 0.811. The third-order valence-electron chi connectivity index (χ3n) is 7.52. The van der Waals surface area contributed by atoms with E-state index in [4.69, 9.17) is 0 Å². The standard InChI is InChI=1S/C24H32N2O2/c27-15-22-19-12-13-26(24(28)17-8-4-5-9-17)23(19)20-14-18(10-11-21(20)25-22)16-6-2-1-3-7-16/h6,10-11,14,17,19,22-23,25,27H,1-5,7-9,12-13,15H2/t19-,22-,23-/m0/s1. The Balaban J connectivity index is 1.52. The first kappa shape index (κ1) is 18.2. The van der Waals surface area contributed by atoms with Crippen LogP contribution in [0, 0.1) is 11.8 Å². The number of hydrogen-bond acceptors (Lipinski definition) is 3. The van der Waals surface area contributed by atoms with Crippen molar-refractivity contribution in [1.29, 1.82) is 0 Å². The van der Waals surface area contributed by atoms with E-state index in [1.54, 1.807) is 0 Å². The number of nitrogens with one attached hydrogen (secondary N) is 1. The van der Waals surface area contributed by atoms with Crippen molar-refractivity contribution in [3.8, 4) is 0 Å². The molecule has 2 aliphatic carbocycles. The first-order chi connectivity index (χ1) is 13.8. The van der Waals surface area contributed by atoms with Crippen LogP contribution in [0.15, 0.2) is 24.3 Å². The van der Waals surface area contributed by atoms with Gasteiger partial charge >= 0.3 is 0 Å². The van der Waals surface area contributed by atoms with Gasteiger partial charge in [0.05, 0.1) is 18.7 Å². The highest BCUT2D eigenvalue weighted by Crippen LogP contribution is 2.48. The van der Waals surface area contributed by atoms with Crippen molar-refractivity contribution < 1.29 is 9.90 Å². The summed E-state index contributed by atoms with van der Waals surface area (Å²) >= 11 is 0. The highest BCUT2D eigenvalue weighted by atomic mass is 16.3. The molecule has 0 bridgehead atoms. The average Bonchev–Trinajstić information content (AvgIpc) is 3.43. The van der Waals surface area contributed by atoms with Crippen LogP contribution < -0.4 is 5.32 Å². The summed E-state index contributed by atoms with van der Waals surface area (Å²) < 4.78 is 0. The van der Waals surface area contributed by atoms with Gasteiger partial charge in [-0.25, -0.2) is 0 Å². The second-order valence-corrected chi connectivity index (χ2v) is 9.12. The Kier molecular flexibility index (Phi) is 4.92. The predicted molar refractivity (Wildman–Crippen MR) is 112 cm³/mol. The number of aliphatic hydroxyl groups excluding tert-OH is 1. The molecule has 0 radical (unpaired) electrons. The van der Waals surface area contributed by atoms with Crippen LogP contribution >= 0.6 is 0 Å². The SMILES string of the molecule is O=C(C1CCCC1)N1CC[C@H]2[C@H](CO)Nc3ccc(C4=CCCCC4)cc3[C@H]21. The molecule has 0 unspecified atom stereocenters. The number of allylic oxidation sites excluding steroid dienone is 2. The zero-order valence-corrected chi connectivity index (χ0v) is 16.7. The second-order valence-electron chi connectivity index (χ2n) is 9.12. The monoisotopic (exact) mass is 380 g/mol. The van der Waals surface area contributed by atoms with E-state index in [0.717, 1.165) is 37.9 Å². The lowest BCUT2D eigenvalue weighted by atomic mass is 9.81. The van der Waals surface area contributed by atoms with Gasteiger partial charge in [0.15, 0.2) is 0 Å². The minimum Gasteiger partial charge on any atom is -0.394 e. The zero-order chi connectivity index (χ0) is 19.1. The van der Waals surface area contributed by atoms with Gasteiger partial charge in [-0.05, 0) is 73.8 Å². The molecule has 4 heteroatoms. The molecule has 1 aromatic carbocycles. The van der Waals surface area contributed by atoms with Gasteiger partial charge in [-0.2, -0.15) is 0 Å². The first-order valence-corrected chi connectivity index (χ1v) is 11.3. The molecule has 5 rings (SSSR count). The number of fused-ring (bicyclic) bond motifs is 3. The summed E-state index contributed by atoms with van der Waals surface area (Å²) in [4.78, 5) is 15.5. The molecule has 28 heavy (non-hydrogen) atoms. The van der Waals surface area contributed by atoms with Gasteiger partial charge in [-0.15, -0.1) is 0 Å². The number of carbonyl (C=O) groups excluding carboxylic acids is 1. The molecule has 150 valence electrons. The van der Waals surface area contributed by atoms with E-state index in [9.17, 15) is 9.90 Å². The first-order valence-electron chi connectivity index (χ1n) is 11.3. The highest BCUT2D eigenvalue weighted by Gasteiger charge is 2.47. The smallest absolute Gasteiger partial charge is 0.226 e. The van der Waals surface area contributed by atoms with Crippen LogP contribution in [0.4, 0.5) is 5.69 Å². The molecule has 1 aromatic rings. The fourth-order valence-corrected chi connectivity index (χ4v) is 6.02. The van der Waals surface area contributed by atoms with E-state index in [1.807, 2.05) is 0 Å². The third-order valence-corrected chi connectivity index (χ3v) is 7.52. The van der Waals surface area contributed by atoms with Gasteiger partial charge in [0, 0.05) is 24.1 Å². The van der Waals surface area contributed by atoms with Gasteiger partial charge in [0.2, 0.25) is 5.91 Å². The van der Waals surface area contributed by atoms with E-state index in [1.165, 1.54) is 48.8 Å². The van der Waals surface area contributed by atoms with Crippen molar-refractivity contribution in [3.05, 3.63) is 35.4 Å². The number of amides is 1. The van der Waals surface area contributed by atoms with Crippen LogP contribution in [0.2, 0.25) is 0 Å². The highest BCUT2D eigenvalue weighted by molar-refractivity contribution is 5.81. The van der Waals surface area contributed by atoms with E-state index in [0.29, 0.717) is 11.8 Å². The molecule has 1 amide bonds.